The highest BCUT2D eigenvalue weighted by atomic mass is 79.9. The van der Waals surface area contributed by atoms with Gasteiger partial charge < -0.3 is 5.32 Å². The molecule has 100 valence electrons. The van der Waals surface area contributed by atoms with Crippen molar-refractivity contribution < 1.29 is 4.39 Å². The summed E-state index contributed by atoms with van der Waals surface area (Å²) in [6.45, 7) is 4.07. The van der Waals surface area contributed by atoms with Crippen molar-refractivity contribution in [2.24, 2.45) is 0 Å². The van der Waals surface area contributed by atoms with Crippen molar-refractivity contribution in [1.29, 1.82) is 0 Å². The van der Waals surface area contributed by atoms with E-state index in [9.17, 15) is 4.39 Å². The second kappa shape index (κ2) is 5.92. The Hall–Kier alpha value is -1.08. The van der Waals surface area contributed by atoms with Gasteiger partial charge in [-0.2, -0.15) is 0 Å². The standard InChI is InChI=1S/C12H11Br2FN4/c1-3-16-11-9(15)6(2)18-12(19-11)10-8(14)4-7(13)5-17-10/h4-5H,3H2,1-2H3,(H,16,18,19). The van der Waals surface area contributed by atoms with Gasteiger partial charge in [0.2, 0.25) is 0 Å². The third-order valence-corrected chi connectivity index (χ3v) is 3.42. The molecule has 4 nitrogen and oxygen atoms in total. The Balaban J connectivity index is 2.56. The highest BCUT2D eigenvalue weighted by Gasteiger charge is 2.15. The molecule has 2 rings (SSSR count). The van der Waals surface area contributed by atoms with Crippen LogP contribution in [0.1, 0.15) is 12.6 Å². The number of nitrogens with one attached hydrogen (secondary N) is 1. The maximum Gasteiger partial charge on any atom is 0.186 e. The first-order valence-electron chi connectivity index (χ1n) is 5.62. The molecule has 0 aliphatic rings. The van der Waals surface area contributed by atoms with Gasteiger partial charge in [0, 0.05) is 21.7 Å². The van der Waals surface area contributed by atoms with E-state index in [1.165, 1.54) is 0 Å². The van der Waals surface area contributed by atoms with Gasteiger partial charge in [-0.15, -0.1) is 0 Å². The number of pyridine rings is 1. The minimum Gasteiger partial charge on any atom is -0.368 e. The molecule has 0 spiro atoms. The molecule has 19 heavy (non-hydrogen) atoms. The molecule has 0 saturated heterocycles. The molecule has 0 radical (unpaired) electrons. The fourth-order valence-electron chi connectivity index (χ4n) is 1.53. The van der Waals surface area contributed by atoms with Gasteiger partial charge in [-0.3, -0.25) is 4.98 Å². The van der Waals surface area contributed by atoms with Gasteiger partial charge in [0.1, 0.15) is 5.69 Å². The van der Waals surface area contributed by atoms with Crippen molar-refractivity contribution in [1.82, 2.24) is 15.0 Å². The Bertz CT molecular complexity index is 619. The topological polar surface area (TPSA) is 50.7 Å². The van der Waals surface area contributed by atoms with Gasteiger partial charge >= 0.3 is 0 Å². The summed E-state index contributed by atoms with van der Waals surface area (Å²) in [5, 5.41) is 2.88. The fraction of sp³-hybridized carbons (Fsp3) is 0.250. The average molecular weight is 390 g/mol. The van der Waals surface area contributed by atoms with Crippen LogP contribution in [0.2, 0.25) is 0 Å². The van der Waals surface area contributed by atoms with Crippen LogP contribution in [0.4, 0.5) is 10.2 Å². The van der Waals surface area contributed by atoms with Crippen LogP contribution in [0.25, 0.3) is 11.5 Å². The molecule has 0 aromatic carbocycles. The van der Waals surface area contributed by atoms with Crippen LogP contribution < -0.4 is 5.32 Å². The van der Waals surface area contributed by atoms with Crippen LogP contribution in [0.3, 0.4) is 0 Å². The zero-order valence-electron chi connectivity index (χ0n) is 10.3. The SMILES string of the molecule is CCNc1nc(-c2ncc(Br)cc2Br)nc(C)c1F. The quantitative estimate of drug-likeness (QED) is 0.863. The lowest BCUT2D eigenvalue weighted by molar-refractivity contribution is 0.606. The Kier molecular flexibility index (Phi) is 4.46. The summed E-state index contributed by atoms with van der Waals surface area (Å²) in [7, 11) is 0. The lowest BCUT2D eigenvalue weighted by Crippen LogP contribution is -2.07. The highest BCUT2D eigenvalue weighted by Crippen LogP contribution is 2.28. The van der Waals surface area contributed by atoms with E-state index in [0.29, 0.717) is 18.1 Å². The molecule has 2 heterocycles. The van der Waals surface area contributed by atoms with Crippen LogP contribution in [-0.4, -0.2) is 21.5 Å². The number of nitrogens with zero attached hydrogens (tertiary/aromatic N) is 3. The Morgan fingerprint density at radius 1 is 1.32 bits per heavy atom. The Labute approximate surface area is 127 Å². The fourth-order valence-corrected chi connectivity index (χ4v) is 2.69. The van der Waals surface area contributed by atoms with Crippen molar-refractivity contribution in [3.05, 3.63) is 32.7 Å². The largest absolute Gasteiger partial charge is 0.368 e. The summed E-state index contributed by atoms with van der Waals surface area (Å²) in [6.07, 6.45) is 1.65. The predicted molar refractivity (Wildman–Crippen MR) is 79.5 cm³/mol. The van der Waals surface area contributed by atoms with E-state index < -0.39 is 5.82 Å². The molecule has 0 bridgehead atoms. The normalized spacial score (nSPS) is 10.6. The van der Waals surface area contributed by atoms with Crippen LogP contribution in [0.5, 0.6) is 0 Å². The summed E-state index contributed by atoms with van der Waals surface area (Å²) < 4.78 is 15.4. The second-order valence-electron chi connectivity index (χ2n) is 3.81. The van der Waals surface area contributed by atoms with Crippen LogP contribution in [0, 0.1) is 12.7 Å². The zero-order chi connectivity index (χ0) is 14.0. The first-order valence-corrected chi connectivity index (χ1v) is 7.21. The highest BCUT2D eigenvalue weighted by molar-refractivity contribution is 9.11. The van der Waals surface area contributed by atoms with Crippen molar-refractivity contribution in [2.45, 2.75) is 13.8 Å². The lowest BCUT2D eigenvalue weighted by atomic mass is 10.3. The molecule has 0 aliphatic carbocycles. The van der Waals surface area contributed by atoms with Crippen LogP contribution >= 0.6 is 31.9 Å². The van der Waals surface area contributed by atoms with Gasteiger partial charge in [-0.1, -0.05) is 0 Å². The minimum atomic E-state index is -0.432. The smallest absolute Gasteiger partial charge is 0.186 e. The van der Waals surface area contributed by atoms with Gasteiger partial charge in [0.25, 0.3) is 0 Å². The van der Waals surface area contributed by atoms with Crippen molar-refractivity contribution in [2.75, 3.05) is 11.9 Å². The monoisotopic (exact) mass is 388 g/mol. The summed E-state index contributed by atoms with van der Waals surface area (Å²) in [5.74, 6) is 0.148. The molecule has 0 amide bonds. The first kappa shape index (κ1) is 14.3. The van der Waals surface area contributed by atoms with E-state index in [0.717, 1.165) is 8.95 Å². The van der Waals surface area contributed by atoms with E-state index in [4.69, 9.17) is 0 Å². The summed E-state index contributed by atoms with van der Waals surface area (Å²) in [5.41, 5.74) is 0.864. The summed E-state index contributed by atoms with van der Waals surface area (Å²) in [4.78, 5) is 12.6. The Morgan fingerprint density at radius 2 is 2.05 bits per heavy atom. The third kappa shape index (κ3) is 3.09. The van der Waals surface area contributed by atoms with Gasteiger partial charge in [0.15, 0.2) is 17.5 Å². The molecule has 0 aliphatic heterocycles. The zero-order valence-corrected chi connectivity index (χ0v) is 13.5. The minimum absolute atomic E-state index is 0.196. The molecule has 0 atom stereocenters. The van der Waals surface area contributed by atoms with Crippen molar-refractivity contribution in [3.8, 4) is 11.5 Å². The number of aryl methyl sites for hydroxylation is 1. The van der Waals surface area contributed by atoms with E-state index in [1.807, 2.05) is 13.0 Å². The van der Waals surface area contributed by atoms with Crippen LogP contribution in [0.15, 0.2) is 21.2 Å². The number of hydrogen-bond donors (Lipinski definition) is 1. The summed E-state index contributed by atoms with van der Waals surface area (Å²) >= 11 is 6.73. The molecule has 1 N–H and O–H groups in total. The van der Waals surface area contributed by atoms with E-state index in [1.54, 1.807) is 13.1 Å². The number of hydrogen-bond acceptors (Lipinski definition) is 4. The van der Waals surface area contributed by atoms with Gasteiger partial charge in [-0.25, -0.2) is 14.4 Å². The van der Waals surface area contributed by atoms with E-state index >= 15 is 0 Å². The molecular weight excluding hydrogens is 379 g/mol. The first-order chi connectivity index (χ1) is 9.02. The average Bonchev–Trinajstić information content (AvgIpc) is 2.35. The molecular formula is C12H11Br2FN4. The number of halogens is 3. The molecule has 0 fully saturated rings. The number of aromatic nitrogens is 3. The maximum atomic E-state index is 13.8. The molecule has 2 aromatic heterocycles. The number of rotatable bonds is 3. The van der Waals surface area contributed by atoms with E-state index in [2.05, 4.69) is 52.1 Å². The second-order valence-corrected chi connectivity index (χ2v) is 5.58. The number of anilines is 1. The third-order valence-electron chi connectivity index (χ3n) is 2.38. The lowest BCUT2D eigenvalue weighted by Gasteiger charge is -2.09. The van der Waals surface area contributed by atoms with Crippen LogP contribution in [-0.2, 0) is 0 Å². The Morgan fingerprint density at radius 3 is 2.68 bits per heavy atom. The molecule has 0 unspecified atom stereocenters. The predicted octanol–water partition coefficient (Wildman–Crippen LogP) is 3.94. The maximum absolute atomic E-state index is 13.8. The summed E-state index contributed by atoms with van der Waals surface area (Å²) in [6, 6.07) is 1.84. The molecule has 2 aromatic rings. The molecule has 7 heteroatoms. The van der Waals surface area contributed by atoms with Crippen molar-refractivity contribution in [3.63, 3.8) is 0 Å². The van der Waals surface area contributed by atoms with Gasteiger partial charge in [0.05, 0.1) is 5.69 Å². The van der Waals surface area contributed by atoms with Crippen molar-refractivity contribution >= 4 is 37.7 Å². The molecule has 0 saturated carbocycles. The van der Waals surface area contributed by atoms with Gasteiger partial charge in [-0.05, 0) is 51.8 Å². The van der Waals surface area contributed by atoms with E-state index in [-0.39, 0.29) is 11.5 Å².